The van der Waals surface area contributed by atoms with Crippen LogP contribution in [0.3, 0.4) is 0 Å². The van der Waals surface area contributed by atoms with Crippen LogP contribution < -0.4 is 5.32 Å². The fraction of sp³-hybridized carbons (Fsp3) is 1.00. The molecule has 3 aliphatic heterocycles. The monoisotopic (exact) mass is 232 g/mol. The first-order chi connectivity index (χ1) is 6.95. The van der Waals surface area contributed by atoms with Crippen LogP contribution in [0, 0.1) is 5.92 Å². The molecule has 3 atom stereocenters. The number of likely N-dealkylation sites (tertiary alicyclic amines) is 1. The third-order valence-corrected chi connectivity index (χ3v) is 4.09. The van der Waals surface area contributed by atoms with E-state index in [0.29, 0.717) is 0 Å². The van der Waals surface area contributed by atoms with Crippen LogP contribution in [0.1, 0.15) is 19.3 Å². The molecule has 88 valence electrons. The molecular formula is C11H21ClN2O. The summed E-state index contributed by atoms with van der Waals surface area (Å²) in [4.78, 5) is 2.71. The van der Waals surface area contributed by atoms with Gasteiger partial charge in [-0.15, -0.1) is 12.4 Å². The fourth-order valence-corrected chi connectivity index (χ4v) is 3.32. The maximum atomic E-state index is 5.58. The molecule has 0 aromatic heterocycles. The van der Waals surface area contributed by atoms with Crippen LogP contribution >= 0.6 is 12.4 Å². The van der Waals surface area contributed by atoms with Crippen LogP contribution in [0.25, 0.3) is 0 Å². The topological polar surface area (TPSA) is 24.5 Å². The summed E-state index contributed by atoms with van der Waals surface area (Å²) in [6.45, 7) is 5.72. The van der Waals surface area contributed by atoms with Crippen LogP contribution in [-0.4, -0.2) is 49.8 Å². The van der Waals surface area contributed by atoms with Crippen molar-refractivity contribution in [1.82, 2.24) is 10.2 Å². The van der Waals surface area contributed by atoms with Gasteiger partial charge in [0, 0.05) is 25.2 Å². The lowest BCUT2D eigenvalue weighted by Gasteiger charge is -2.34. The molecule has 3 fully saturated rings. The average Bonchev–Trinajstić information content (AvgIpc) is 2.79. The zero-order valence-corrected chi connectivity index (χ0v) is 9.97. The zero-order valence-electron chi connectivity index (χ0n) is 9.15. The van der Waals surface area contributed by atoms with E-state index in [1.54, 1.807) is 0 Å². The van der Waals surface area contributed by atoms with Gasteiger partial charge in [0.15, 0.2) is 0 Å². The van der Waals surface area contributed by atoms with Crippen molar-refractivity contribution in [2.24, 2.45) is 5.92 Å². The Labute approximate surface area is 97.9 Å². The predicted octanol–water partition coefficient (Wildman–Crippen LogP) is 0.881. The molecule has 0 aliphatic carbocycles. The summed E-state index contributed by atoms with van der Waals surface area (Å²) in [7, 11) is 0. The molecule has 3 aliphatic rings. The highest BCUT2D eigenvalue weighted by Crippen LogP contribution is 2.30. The Morgan fingerprint density at radius 3 is 2.93 bits per heavy atom. The second-order valence-electron chi connectivity index (χ2n) is 4.88. The summed E-state index contributed by atoms with van der Waals surface area (Å²) in [5.74, 6) is 0.928. The Bertz CT molecular complexity index is 209. The van der Waals surface area contributed by atoms with E-state index >= 15 is 0 Å². The number of fused-ring (bicyclic) bond motifs is 1. The lowest BCUT2D eigenvalue weighted by atomic mass is 10.0. The SMILES string of the molecule is C1COCC(N2CC[C@H]3CNC[C@H]32)C1.Cl. The number of nitrogens with zero attached hydrogens (tertiary/aromatic N) is 1. The summed E-state index contributed by atoms with van der Waals surface area (Å²) in [6, 6.07) is 1.54. The molecule has 0 aromatic carbocycles. The fourth-order valence-electron chi connectivity index (χ4n) is 3.32. The minimum absolute atomic E-state index is 0. The molecule has 0 amide bonds. The summed E-state index contributed by atoms with van der Waals surface area (Å²) in [5.41, 5.74) is 0. The highest BCUT2D eigenvalue weighted by molar-refractivity contribution is 5.85. The van der Waals surface area contributed by atoms with E-state index in [1.807, 2.05) is 0 Å². The molecule has 0 aromatic rings. The van der Waals surface area contributed by atoms with Gasteiger partial charge >= 0.3 is 0 Å². The van der Waals surface area contributed by atoms with E-state index in [-0.39, 0.29) is 12.4 Å². The molecule has 15 heavy (non-hydrogen) atoms. The van der Waals surface area contributed by atoms with Crippen molar-refractivity contribution in [2.75, 3.05) is 32.8 Å². The lowest BCUT2D eigenvalue weighted by Crippen LogP contribution is -2.46. The molecule has 0 spiro atoms. The van der Waals surface area contributed by atoms with E-state index in [1.165, 1.54) is 38.9 Å². The Hall–Kier alpha value is 0.170. The molecule has 3 saturated heterocycles. The van der Waals surface area contributed by atoms with E-state index < -0.39 is 0 Å². The lowest BCUT2D eigenvalue weighted by molar-refractivity contribution is 0.0132. The van der Waals surface area contributed by atoms with Crippen molar-refractivity contribution in [2.45, 2.75) is 31.3 Å². The van der Waals surface area contributed by atoms with Gasteiger partial charge in [-0.3, -0.25) is 4.90 Å². The normalized spacial score (nSPS) is 41.2. The van der Waals surface area contributed by atoms with Gasteiger partial charge in [0.25, 0.3) is 0 Å². The van der Waals surface area contributed by atoms with E-state index in [2.05, 4.69) is 10.2 Å². The molecule has 0 bridgehead atoms. The molecule has 1 N–H and O–H groups in total. The van der Waals surface area contributed by atoms with Gasteiger partial charge in [-0.05, 0) is 38.3 Å². The summed E-state index contributed by atoms with van der Waals surface area (Å²) >= 11 is 0. The molecule has 3 nitrogen and oxygen atoms in total. The predicted molar refractivity (Wildman–Crippen MR) is 62.6 cm³/mol. The minimum Gasteiger partial charge on any atom is -0.380 e. The maximum Gasteiger partial charge on any atom is 0.0621 e. The summed E-state index contributed by atoms with van der Waals surface area (Å²) in [5, 5.41) is 3.51. The van der Waals surface area contributed by atoms with Gasteiger partial charge in [0.2, 0.25) is 0 Å². The Kier molecular flexibility index (Phi) is 3.88. The van der Waals surface area contributed by atoms with Gasteiger partial charge in [0.05, 0.1) is 6.61 Å². The first-order valence-corrected chi connectivity index (χ1v) is 5.99. The Morgan fingerprint density at radius 1 is 1.20 bits per heavy atom. The molecule has 3 heterocycles. The Morgan fingerprint density at radius 2 is 2.13 bits per heavy atom. The van der Waals surface area contributed by atoms with Crippen LogP contribution in [0.5, 0.6) is 0 Å². The van der Waals surface area contributed by atoms with Crippen molar-refractivity contribution in [3.8, 4) is 0 Å². The van der Waals surface area contributed by atoms with Crippen molar-refractivity contribution in [1.29, 1.82) is 0 Å². The molecule has 0 radical (unpaired) electrons. The molecule has 4 heteroatoms. The van der Waals surface area contributed by atoms with Gasteiger partial charge in [-0.2, -0.15) is 0 Å². The van der Waals surface area contributed by atoms with Crippen molar-refractivity contribution in [3.05, 3.63) is 0 Å². The number of hydrogen-bond donors (Lipinski definition) is 1. The summed E-state index contributed by atoms with van der Waals surface area (Å²) in [6.07, 6.45) is 4.00. The van der Waals surface area contributed by atoms with Crippen LogP contribution in [0.2, 0.25) is 0 Å². The van der Waals surface area contributed by atoms with E-state index in [0.717, 1.165) is 31.2 Å². The molecule has 3 rings (SSSR count). The molecule has 1 unspecified atom stereocenters. The van der Waals surface area contributed by atoms with Crippen molar-refractivity contribution >= 4 is 12.4 Å². The van der Waals surface area contributed by atoms with E-state index in [4.69, 9.17) is 4.74 Å². The number of hydrogen-bond acceptors (Lipinski definition) is 3. The van der Waals surface area contributed by atoms with Crippen LogP contribution in [0.4, 0.5) is 0 Å². The first-order valence-electron chi connectivity index (χ1n) is 5.99. The van der Waals surface area contributed by atoms with Gasteiger partial charge in [-0.25, -0.2) is 0 Å². The number of nitrogens with one attached hydrogen (secondary N) is 1. The second kappa shape index (κ2) is 5.00. The summed E-state index contributed by atoms with van der Waals surface area (Å²) < 4.78 is 5.58. The quantitative estimate of drug-likeness (QED) is 0.727. The maximum absolute atomic E-state index is 5.58. The van der Waals surface area contributed by atoms with Crippen molar-refractivity contribution in [3.63, 3.8) is 0 Å². The van der Waals surface area contributed by atoms with E-state index in [9.17, 15) is 0 Å². The standard InChI is InChI=1S/C11H20N2O.ClH/c1-2-10(8-14-5-1)13-4-3-9-6-12-7-11(9)13;/h9-12H,1-8H2;1H/t9-,10?,11+;/m0./s1. The molecule has 0 saturated carbocycles. The third kappa shape index (κ3) is 2.16. The minimum atomic E-state index is 0. The molecular weight excluding hydrogens is 212 g/mol. The Balaban J connectivity index is 0.000000853. The van der Waals surface area contributed by atoms with Crippen LogP contribution in [-0.2, 0) is 4.74 Å². The first kappa shape index (κ1) is 11.6. The highest BCUT2D eigenvalue weighted by atomic mass is 35.5. The third-order valence-electron chi connectivity index (χ3n) is 4.09. The van der Waals surface area contributed by atoms with Gasteiger partial charge in [0.1, 0.15) is 0 Å². The van der Waals surface area contributed by atoms with Crippen molar-refractivity contribution < 1.29 is 4.74 Å². The zero-order chi connectivity index (χ0) is 9.38. The largest absolute Gasteiger partial charge is 0.380 e. The second-order valence-corrected chi connectivity index (χ2v) is 4.88. The number of ether oxygens (including phenoxy) is 1. The van der Waals surface area contributed by atoms with Gasteiger partial charge in [-0.1, -0.05) is 0 Å². The highest BCUT2D eigenvalue weighted by Gasteiger charge is 2.40. The smallest absolute Gasteiger partial charge is 0.0621 e. The van der Waals surface area contributed by atoms with Crippen LogP contribution in [0.15, 0.2) is 0 Å². The number of halogens is 1. The average molecular weight is 233 g/mol. The van der Waals surface area contributed by atoms with Gasteiger partial charge < -0.3 is 10.1 Å². The number of rotatable bonds is 1.